The molecule has 1 aromatic carbocycles. The number of nitro groups is 1. The van der Waals surface area contributed by atoms with E-state index in [1.54, 1.807) is 19.1 Å². The van der Waals surface area contributed by atoms with Gasteiger partial charge in [0.1, 0.15) is 0 Å². The fourth-order valence-electron chi connectivity index (χ4n) is 2.25. The zero-order valence-electron chi connectivity index (χ0n) is 12.3. The summed E-state index contributed by atoms with van der Waals surface area (Å²) in [6.07, 6.45) is 0.169. The second kappa shape index (κ2) is 8.67. The Balaban J connectivity index is 0.00000242. The first-order valence-electron chi connectivity index (χ1n) is 6.92. The van der Waals surface area contributed by atoms with Crippen LogP contribution in [-0.4, -0.2) is 36.6 Å². The molecule has 2 N–H and O–H groups in total. The van der Waals surface area contributed by atoms with Crippen LogP contribution in [0.25, 0.3) is 0 Å². The van der Waals surface area contributed by atoms with Crippen molar-refractivity contribution in [2.45, 2.75) is 25.5 Å². The van der Waals surface area contributed by atoms with Crippen LogP contribution in [0.5, 0.6) is 0 Å². The summed E-state index contributed by atoms with van der Waals surface area (Å²) in [7, 11) is 0. The van der Waals surface area contributed by atoms with Crippen LogP contribution in [0.3, 0.4) is 0 Å². The Bertz CT molecular complexity index is 521. The molecular weight excluding hydrogens is 310 g/mol. The third-order valence-electron chi connectivity index (χ3n) is 3.38. The van der Waals surface area contributed by atoms with Crippen LogP contribution in [0.1, 0.15) is 24.9 Å². The molecule has 122 valence electrons. The highest BCUT2D eigenvalue weighted by atomic mass is 35.5. The van der Waals surface area contributed by atoms with Crippen LogP contribution >= 0.6 is 12.4 Å². The second-order valence-corrected chi connectivity index (χ2v) is 5.04. The van der Waals surface area contributed by atoms with Crippen molar-refractivity contribution in [3.8, 4) is 0 Å². The van der Waals surface area contributed by atoms with Crippen LogP contribution in [0, 0.1) is 10.1 Å². The molecular formula is C14H20ClN3O4. The molecule has 2 rings (SSSR count). The molecule has 22 heavy (non-hydrogen) atoms. The standard InChI is InChI=1S/C14H19N3O4.ClH/c1-10(11-3-2-4-12(7-11)17(19)20)16-14(18)8-13-9-15-5-6-21-13;/h2-4,7,10,13,15H,5-6,8-9H2,1H3,(H,16,18);1H. The molecule has 1 fully saturated rings. The number of nitrogens with one attached hydrogen (secondary N) is 2. The summed E-state index contributed by atoms with van der Waals surface area (Å²) in [5.41, 5.74) is 0.730. The summed E-state index contributed by atoms with van der Waals surface area (Å²) in [4.78, 5) is 22.3. The smallest absolute Gasteiger partial charge is 0.269 e. The van der Waals surface area contributed by atoms with Crippen molar-refractivity contribution in [1.82, 2.24) is 10.6 Å². The number of benzene rings is 1. The number of rotatable bonds is 5. The number of non-ortho nitro benzene ring substituents is 1. The maximum Gasteiger partial charge on any atom is 0.269 e. The minimum Gasteiger partial charge on any atom is -0.375 e. The first-order valence-corrected chi connectivity index (χ1v) is 6.92. The van der Waals surface area contributed by atoms with Gasteiger partial charge in [0, 0.05) is 25.2 Å². The third kappa shape index (κ3) is 5.25. The number of carbonyl (C=O) groups excluding carboxylic acids is 1. The van der Waals surface area contributed by atoms with Gasteiger partial charge >= 0.3 is 0 Å². The molecule has 1 aromatic rings. The van der Waals surface area contributed by atoms with E-state index in [-0.39, 0.29) is 42.6 Å². The van der Waals surface area contributed by atoms with Crippen molar-refractivity contribution < 1.29 is 14.5 Å². The number of hydrogen-bond acceptors (Lipinski definition) is 5. The normalized spacial score (nSPS) is 18.9. The van der Waals surface area contributed by atoms with Gasteiger partial charge in [-0.25, -0.2) is 0 Å². The highest BCUT2D eigenvalue weighted by Crippen LogP contribution is 2.19. The lowest BCUT2D eigenvalue weighted by Crippen LogP contribution is -2.41. The molecule has 2 unspecified atom stereocenters. The fraction of sp³-hybridized carbons (Fsp3) is 0.500. The van der Waals surface area contributed by atoms with E-state index in [4.69, 9.17) is 4.74 Å². The predicted molar refractivity (Wildman–Crippen MR) is 84.1 cm³/mol. The maximum absolute atomic E-state index is 12.0. The van der Waals surface area contributed by atoms with E-state index in [9.17, 15) is 14.9 Å². The van der Waals surface area contributed by atoms with Crippen molar-refractivity contribution in [1.29, 1.82) is 0 Å². The van der Waals surface area contributed by atoms with Gasteiger partial charge in [0.15, 0.2) is 0 Å². The van der Waals surface area contributed by atoms with Crippen LogP contribution < -0.4 is 10.6 Å². The molecule has 2 atom stereocenters. The van der Waals surface area contributed by atoms with Gasteiger partial charge in [-0.1, -0.05) is 12.1 Å². The van der Waals surface area contributed by atoms with E-state index in [2.05, 4.69) is 10.6 Å². The monoisotopic (exact) mass is 329 g/mol. The Labute approximate surface area is 135 Å². The predicted octanol–water partition coefficient (Wildman–Crippen LogP) is 1.57. The SMILES string of the molecule is CC(NC(=O)CC1CNCCO1)c1cccc([N+](=O)[O-])c1.Cl. The average molecular weight is 330 g/mol. The molecule has 0 saturated carbocycles. The topological polar surface area (TPSA) is 93.5 Å². The second-order valence-electron chi connectivity index (χ2n) is 5.04. The van der Waals surface area contributed by atoms with Gasteiger partial charge in [-0.05, 0) is 12.5 Å². The molecule has 0 aliphatic carbocycles. The molecule has 8 heteroatoms. The summed E-state index contributed by atoms with van der Waals surface area (Å²) in [5.74, 6) is -0.122. The van der Waals surface area contributed by atoms with Crippen LogP contribution in [0.15, 0.2) is 24.3 Å². The zero-order chi connectivity index (χ0) is 15.2. The minimum atomic E-state index is -0.445. The van der Waals surface area contributed by atoms with Crippen LogP contribution in [0.2, 0.25) is 0 Å². The number of morpholine rings is 1. The van der Waals surface area contributed by atoms with E-state index in [1.165, 1.54) is 12.1 Å². The largest absolute Gasteiger partial charge is 0.375 e. The highest BCUT2D eigenvalue weighted by molar-refractivity contribution is 5.85. The number of hydrogen-bond donors (Lipinski definition) is 2. The van der Waals surface area contributed by atoms with Crippen molar-refractivity contribution in [3.63, 3.8) is 0 Å². The van der Waals surface area contributed by atoms with Crippen molar-refractivity contribution in [2.24, 2.45) is 0 Å². The summed E-state index contributed by atoms with van der Waals surface area (Å²) in [5, 5.41) is 16.8. The zero-order valence-corrected chi connectivity index (χ0v) is 13.1. The van der Waals surface area contributed by atoms with Crippen LogP contribution in [-0.2, 0) is 9.53 Å². The summed E-state index contributed by atoms with van der Waals surface area (Å²) >= 11 is 0. The van der Waals surface area contributed by atoms with E-state index in [0.717, 1.165) is 6.54 Å². The number of ether oxygens (including phenoxy) is 1. The molecule has 1 aliphatic rings. The van der Waals surface area contributed by atoms with Gasteiger partial charge in [-0.15, -0.1) is 12.4 Å². The summed E-state index contributed by atoms with van der Waals surface area (Å²) in [6, 6.07) is 6.00. The molecule has 1 amide bonds. The van der Waals surface area contributed by atoms with Crippen molar-refractivity contribution in [2.75, 3.05) is 19.7 Å². The lowest BCUT2D eigenvalue weighted by Gasteiger charge is -2.24. The van der Waals surface area contributed by atoms with E-state index < -0.39 is 4.92 Å². The minimum absolute atomic E-state index is 0. The number of nitrogens with zero attached hydrogens (tertiary/aromatic N) is 1. The first kappa shape index (κ1) is 18.3. The summed E-state index contributed by atoms with van der Waals surface area (Å²) in [6.45, 7) is 3.89. The number of halogens is 1. The molecule has 1 saturated heterocycles. The average Bonchev–Trinajstić information content (AvgIpc) is 2.48. The quantitative estimate of drug-likeness (QED) is 0.632. The third-order valence-corrected chi connectivity index (χ3v) is 3.38. The Morgan fingerprint density at radius 3 is 3.00 bits per heavy atom. The number of carbonyl (C=O) groups is 1. The molecule has 7 nitrogen and oxygen atoms in total. The Kier molecular flexibility index (Phi) is 7.23. The van der Waals surface area contributed by atoms with Gasteiger partial charge in [0.25, 0.3) is 5.69 Å². The molecule has 0 radical (unpaired) electrons. The van der Waals surface area contributed by atoms with E-state index in [0.29, 0.717) is 18.7 Å². The molecule has 0 spiro atoms. The van der Waals surface area contributed by atoms with E-state index >= 15 is 0 Å². The lowest BCUT2D eigenvalue weighted by atomic mass is 10.1. The molecule has 0 aromatic heterocycles. The number of amides is 1. The van der Waals surface area contributed by atoms with Gasteiger partial charge in [-0.2, -0.15) is 0 Å². The van der Waals surface area contributed by atoms with Gasteiger partial charge in [-0.3, -0.25) is 14.9 Å². The summed E-state index contributed by atoms with van der Waals surface area (Å²) < 4.78 is 5.47. The molecule has 1 aliphatic heterocycles. The Hall–Kier alpha value is -1.70. The van der Waals surface area contributed by atoms with Gasteiger partial charge in [0.2, 0.25) is 5.91 Å². The molecule has 1 heterocycles. The molecule has 0 bridgehead atoms. The van der Waals surface area contributed by atoms with Crippen molar-refractivity contribution >= 4 is 24.0 Å². The number of nitro benzene ring substituents is 1. The van der Waals surface area contributed by atoms with Crippen LogP contribution in [0.4, 0.5) is 5.69 Å². The van der Waals surface area contributed by atoms with E-state index in [1.807, 2.05) is 0 Å². The fourth-order valence-corrected chi connectivity index (χ4v) is 2.25. The van der Waals surface area contributed by atoms with Gasteiger partial charge in [0.05, 0.1) is 30.1 Å². The highest BCUT2D eigenvalue weighted by Gasteiger charge is 2.19. The Morgan fingerprint density at radius 1 is 1.59 bits per heavy atom. The maximum atomic E-state index is 12.0. The van der Waals surface area contributed by atoms with Gasteiger partial charge < -0.3 is 15.4 Å². The lowest BCUT2D eigenvalue weighted by molar-refractivity contribution is -0.384. The first-order chi connectivity index (χ1) is 10.1. The van der Waals surface area contributed by atoms with Crippen molar-refractivity contribution in [3.05, 3.63) is 39.9 Å². The Morgan fingerprint density at radius 2 is 2.36 bits per heavy atom.